The van der Waals surface area contributed by atoms with Gasteiger partial charge in [-0.15, -0.1) is 13.2 Å². The van der Waals surface area contributed by atoms with Crippen LogP contribution < -0.4 is 15.4 Å². The number of alkyl halides is 3. The number of thiocarbonyl (C=S) groups is 1. The Balaban J connectivity index is 1.58. The Morgan fingerprint density at radius 3 is 1.97 bits per heavy atom. The van der Waals surface area contributed by atoms with Gasteiger partial charge in [0, 0.05) is 24.5 Å². The van der Waals surface area contributed by atoms with Crippen LogP contribution >= 0.6 is 12.2 Å². The Kier molecular flexibility index (Phi) is 6.81. The van der Waals surface area contributed by atoms with Crippen LogP contribution in [0.3, 0.4) is 0 Å². The van der Waals surface area contributed by atoms with Gasteiger partial charge in [0.2, 0.25) is 10.0 Å². The summed E-state index contributed by atoms with van der Waals surface area (Å²) in [5.41, 5.74) is 0.999. The summed E-state index contributed by atoms with van der Waals surface area (Å²) < 4.78 is 72.1. The van der Waals surface area contributed by atoms with E-state index in [1.165, 1.54) is 28.6 Å². The summed E-state index contributed by atoms with van der Waals surface area (Å²) in [5, 5.41) is 5.89. The number of rotatable bonds is 5. The summed E-state index contributed by atoms with van der Waals surface area (Å²) in [6.45, 7) is 1.34. The van der Waals surface area contributed by atoms with E-state index in [0.717, 1.165) is 12.1 Å². The molecule has 0 aromatic heterocycles. The average molecular weight is 461 g/mol. The second kappa shape index (κ2) is 9.16. The van der Waals surface area contributed by atoms with Gasteiger partial charge in [-0.2, -0.15) is 4.31 Å². The third-order valence-electron chi connectivity index (χ3n) is 4.07. The second-order valence-electron chi connectivity index (χ2n) is 6.19. The molecule has 162 valence electrons. The molecule has 2 aromatic rings. The van der Waals surface area contributed by atoms with Crippen LogP contribution in [0, 0.1) is 0 Å². The van der Waals surface area contributed by atoms with Crippen molar-refractivity contribution in [3.05, 3.63) is 48.5 Å². The molecule has 0 unspecified atom stereocenters. The maximum Gasteiger partial charge on any atom is 0.573 e. The summed E-state index contributed by atoms with van der Waals surface area (Å²) in [7, 11) is -3.59. The van der Waals surface area contributed by atoms with Crippen molar-refractivity contribution in [1.82, 2.24) is 4.31 Å². The lowest BCUT2D eigenvalue weighted by Crippen LogP contribution is -2.40. The first-order valence-electron chi connectivity index (χ1n) is 8.75. The monoisotopic (exact) mass is 461 g/mol. The number of anilines is 2. The Morgan fingerprint density at radius 2 is 1.47 bits per heavy atom. The number of hydrogen-bond acceptors (Lipinski definition) is 5. The molecule has 12 heteroatoms. The Labute approximate surface area is 176 Å². The molecule has 1 aliphatic rings. The van der Waals surface area contributed by atoms with E-state index in [1.54, 1.807) is 12.1 Å². The fraction of sp³-hybridized carbons (Fsp3) is 0.278. The van der Waals surface area contributed by atoms with Crippen LogP contribution in [0.15, 0.2) is 53.4 Å². The molecule has 0 spiro atoms. The minimum atomic E-state index is -4.76. The second-order valence-corrected chi connectivity index (χ2v) is 8.54. The minimum absolute atomic E-state index is 0.161. The van der Waals surface area contributed by atoms with Crippen LogP contribution in [-0.2, 0) is 14.8 Å². The number of sulfonamides is 1. The molecule has 0 atom stereocenters. The quantitative estimate of drug-likeness (QED) is 0.661. The number of hydrogen-bond donors (Lipinski definition) is 2. The molecule has 0 amide bonds. The zero-order chi connectivity index (χ0) is 21.8. The Bertz CT molecular complexity index is 975. The summed E-state index contributed by atoms with van der Waals surface area (Å²) >= 11 is 5.17. The van der Waals surface area contributed by atoms with E-state index in [1.807, 2.05) is 0 Å². The number of nitrogens with one attached hydrogen (secondary N) is 2. The molecular formula is C18H18F3N3O4S2. The lowest BCUT2D eigenvalue weighted by Gasteiger charge is -2.26. The fourth-order valence-corrected chi connectivity index (χ4v) is 4.32. The van der Waals surface area contributed by atoms with Gasteiger partial charge in [-0.3, -0.25) is 0 Å². The summed E-state index contributed by atoms with van der Waals surface area (Å²) in [6.07, 6.45) is -4.76. The zero-order valence-corrected chi connectivity index (χ0v) is 17.1. The van der Waals surface area contributed by atoms with Crippen molar-refractivity contribution in [2.75, 3.05) is 36.9 Å². The minimum Gasteiger partial charge on any atom is -0.406 e. The summed E-state index contributed by atoms with van der Waals surface area (Å²) in [4.78, 5) is 0.161. The van der Waals surface area contributed by atoms with Gasteiger partial charge in [0.25, 0.3) is 0 Å². The highest BCUT2D eigenvalue weighted by Crippen LogP contribution is 2.24. The average Bonchev–Trinajstić information content (AvgIpc) is 2.69. The molecule has 7 nitrogen and oxygen atoms in total. The van der Waals surface area contributed by atoms with E-state index >= 15 is 0 Å². The molecule has 1 aliphatic heterocycles. The number of ether oxygens (including phenoxy) is 2. The third kappa shape index (κ3) is 6.05. The number of benzene rings is 2. The molecule has 1 fully saturated rings. The van der Waals surface area contributed by atoms with Crippen molar-refractivity contribution in [2.24, 2.45) is 0 Å². The molecule has 2 N–H and O–H groups in total. The molecule has 3 rings (SSSR count). The van der Waals surface area contributed by atoms with Crippen molar-refractivity contribution in [3.63, 3.8) is 0 Å². The Hall–Kier alpha value is -2.41. The topological polar surface area (TPSA) is 79.9 Å². The standard InChI is InChI=1S/C18H18F3N3O4S2/c19-18(20,21)28-15-5-1-13(2-6-15)22-17(29)23-14-3-7-16(8-4-14)30(25,26)24-9-11-27-12-10-24/h1-8H,9-12H2,(H2,22,23,29). The van der Waals surface area contributed by atoms with E-state index in [-0.39, 0.29) is 15.8 Å². The molecule has 2 aromatic carbocycles. The van der Waals surface area contributed by atoms with Gasteiger partial charge >= 0.3 is 6.36 Å². The highest BCUT2D eigenvalue weighted by molar-refractivity contribution is 7.89. The maximum absolute atomic E-state index is 12.6. The summed E-state index contributed by atoms with van der Waals surface area (Å²) in [5.74, 6) is -0.344. The first-order chi connectivity index (χ1) is 14.1. The number of morpholine rings is 1. The van der Waals surface area contributed by atoms with Crippen LogP contribution in [0.5, 0.6) is 5.75 Å². The van der Waals surface area contributed by atoms with E-state index < -0.39 is 16.4 Å². The molecule has 1 heterocycles. The molecule has 0 aliphatic carbocycles. The predicted molar refractivity (Wildman–Crippen MR) is 109 cm³/mol. The SMILES string of the molecule is O=S(=O)(c1ccc(NC(=S)Nc2ccc(OC(F)(F)F)cc2)cc1)N1CCOCC1. The highest BCUT2D eigenvalue weighted by atomic mass is 32.2. The van der Waals surface area contributed by atoms with Crippen LogP contribution in [-0.4, -0.2) is 50.5 Å². The molecule has 0 bridgehead atoms. The van der Waals surface area contributed by atoms with Gasteiger partial charge in [0.15, 0.2) is 5.11 Å². The lowest BCUT2D eigenvalue weighted by molar-refractivity contribution is -0.274. The van der Waals surface area contributed by atoms with Crippen molar-refractivity contribution in [1.29, 1.82) is 0 Å². The first-order valence-corrected chi connectivity index (χ1v) is 10.6. The summed E-state index contributed by atoms with van der Waals surface area (Å²) in [6, 6.07) is 11.2. The zero-order valence-electron chi connectivity index (χ0n) is 15.5. The maximum atomic E-state index is 12.6. The van der Waals surface area contributed by atoms with Crippen LogP contribution in [0.1, 0.15) is 0 Å². The van der Waals surface area contributed by atoms with Crippen LogP contribution in [0.4, 0.5) is 24.5 Å². The molecule has 0 saturated carbocycles. The fourth-order valence-electron chi connectivity index (χ4n) is 2.68. The predicted octanol–water partition coefficient (Wildman–Crippen LogP) is 3.42. The van der Waals surface area contributed by atoms with Gasteiger partial charge < -0.3 is 20.1 Å². The highest BCUT2D eigenvalue weighted by Gasteiger charge is 2.31. The number of halogens is 3. The smallest absolute Gasteiger partial charge is 0.406 e. The van der Waals surface area contributed by atoms with Crippen LogP contribution in [0.25, 0.3) is 0 Å². The Morgan fingerprint density at radius 1 is 0.967 bits per heavy atom. The van der Waals surface area contributed by atoms with E-state index in [2.05, 4.69) is 15.4 Å². The first kappa shape index (κ1) is 22.3. The molecule has 30 heavy (non-hydrogen) atoms. The molecular weight excluding hydrogens is 443 g/mol. The normalized spacial score (nSPS) is 15.4. The lowest BCUT2D eigenvalue weighted by atomic mass is 10.3. The van der Waals surface area contributed by atoms with Crippen LogP contribution in [0.2, 0.25) is 0 Å². The van der Waals surface area contributed by atoms with Crippen molar-refractivity contribution >= 4 is 38.7 Å². The van der Waals surface area contributed by atoms with Gasteiger partial charge in [0.1, 0.15) is 5.75 Å². The van der Waals surface area contributed by atoms with E-state index in [0.29, 0.717) is 37.7 Å². The van der Waals surface area contributed by atoms with Gasteiger partial charge in [-0.1, -0.05) is 0 Å². The van der Waals surface area contributed by atoms with Gasteiger partial charge in [0.05, 0.1) is 18.1 Å². The largest absolute Gasteiger partial charge is 0.573 e. The van der Waals surface area contributed by atoms with Crippen molar-refractivity contribution < 1.29 is 31.1 Å². The van der Waals surface area contributed by atoms with E-state index in [4.69, 9.17) is 17.0 Å². The molecule has 0 radical (unpaired) electrons. The van der Waals surface area contributed by atoms with Gasteiger partial charge in [-0.05, 0) is 60.7 Å². The third-order valence-corrected chi connectivity index (χ3v) is 6.18. The van der Waals surface area contributed by atoms with E-state index in [9.17, 15) is 21.6 Å². The van der Waals surface area contributed by atoms with Crippen molar-refractivity contribution in [3.8, 4) is 5.75 Å². The molecule has 1 saturated heterocycles. The van der Waals surface area contributed by atoms with Gasteiger partial charge in [-0.25, -0.2) is 8.42 Å². The number of nitrogens with zero attached hydrogens (tertiary/aromatic N) is 1. The van der Waals surface area contributed by atoms with Crippen molar-refractivity contribution in [2.45, 2.75) is 11.3 Å².